The molecular formula is C12H6N2S4. The van der Waals surface area contributed by atoms with Crippen molar-refractivity contribution in [1.29, 1.82) is 0 Å². The van der Waals surface area contributed by atoms with E-state index in [-0.39, 0.29) is 0 Å². The molecule has 1 aliphatic heterocycles. The van der Waals surface area contributed by atoms with Gasteiger partial charge in [-0.2, -0.15) is 8.73 Å². The molecule has 4 heterocycles. The molecule has 0 bridgehead atoms. The summed E-state index contributed by atoms with van der Waals surface area (Å²) in [5.41, 5.74) is 2.10. The van der Waals surface area contributed by atoms with Crippen LogP contribution in [-0.4, -0.2) is 0 Å². The van der Waals surface area contributed by atoms with Crippen LogP contribution in [-0.2, 0) is 11.4 Å². The van der Waals surface area contributed by atoms with Gasteiger partial charge in [0.2, 0.25) is 0 Å². The van der Waals surface area contributed by atoms with Crippen molar-refractivity contribution >= 4 is 56.7 Å². The number of hydrogen-bond donors (Lipinski definition) is 0. The van der Waals surface area contributed by atoms with Gasteiger partial charge in [-0.05, 0) is 22.9 Å². The van der Waals surface area contributed by atoms with Gasteiger partial charge < -0.3 is 0 Å². The molecule has 3 aromatic heterocycles. The van der Waals surface area contributed by atoms with Crippen molar-refractivity contribution in [3.63, 3.8) is 0 Å². The molecular weight excluding hydrogens is 300 g/mol. The Bertz CT molecular complexity index is 699. The van der Waals surface area contributed by atoms with Crippen molar-refractivity contribution in [3.8, 4) is 19.5 Å². The van der Waals surface area contributed by atoms with E-state index in [1.807, 2.05) is 0 Å². The summed E-state index contributed by atoms with van der Waals surface area (Å²) >= 11 is 6.61. The Morgan fingerprint density at radius 1 is 0.778 bits per heavy atom. The Labute approximate surface area is 119 Å². The smallest absolute Gasteiger partial charge is 0.124 e. The first-order valence-corrected chi connectivity index (χ1v) is 8.57. The summed E-state index contributed by atoms with van der Waals surface area (Å²) in [6, 6.07) is 8.45. The molecule has 0 unspecified atom stereocenters. The van der Waals surface area contributed by atoms with E-state index in [2.05, 4.69) is 43.8 Å². The van der Waals surface area contributed by atoms with Gasteiger partial charge in [-0.1, -0.05) is 12.1 Å². The van der Waals surface area contributed by atoms with Crippen LogP contribution in [0.1, 0.15) is 0 Å². The van der Waals surface area contributed by atoms with E-state index < -0.39 is 0 Å². The Kier molecular flexibility index (Phi) is 2.54. The molecule has 6 heteroatoms. The Morgan fingerprint density at radius 3 is 1.78 bits per heavy atom. The van der Waals surface area contributed by atoms with Crippen LogP contribution >= 0.6 is 34.0 Å². The largest absolute Gasteiger partial charge is 0.171 e. The molecule has 1 aliphatic rings. The van der Waals surface area contributed by atoms with Crippen LogP contribution in [0, 0.1) is 0 Å². The number of hydrogen-bond acceptors (Lipinski definition) is 5. The Hall–Kier alpha value is -1.08. The van der Waals surface area contributed by atoms with Gasteiger partial charge in [-0.15, -0.1) is 34.0 Å². The van der Waals surface area contributed by atoms with Crippen molar-refractivity contribution in [2.24, 2.45) is 8.73 Å². The van der Waals surface area contributed by atoms with Gasteiger partial charge in [0.05, 0.1) is 21.1 Å². The summed E-state index contributed by atoms with van der Waals surface area (Å²) in [6.07, 6.45) is 0. The van der Waals surface area contributed by atoms with Crippen molar-refractivity contribution < 1.29 is 0 Å². The van der Waals surface area contributed by atoms with E-state index in [0.717, 1.165) is 11.4 Å². The number of nitrogens with zero attached hydrogens (tertiary/aromatic N) is 2. The van der Waals surface area contributed by atoms with Crippen molar-refractivity contribution in [2.75, 3.05) is 0 Å². The van der Waals surface area contributed by atoms with Gasteiger partial charge in [0, 0.05) is 9.75 Å². The van der Waals surface area contributed by atoms with Gasteiger partial charge in [-0.25, -0.2) is 0 Å². The second-order valence-corrected chi connectivity index (χ2v) is 7.12. The molecule has 88 valence electrons. The first kappa shape index (κ1) is 10.8. The van der Waals surface area contributed by atoms with Crippen molar-refractivity contribution in [2.45, 2.75) is 0 Å². The van der Waals surface area contributed by atoms with Crippen LogP contribution in [0.2, 0.25) is 0 Å². The van der Waals surface area contributed by atoms with Gasteiger partial charge >= 0.3 is 0 Å². The zero-order valence-electron chi connectivity index (χ0n) is 8.99. The second-order valence-electron chi connectivity index (χ2n) is 3.68. The minimum Gasteiger partial charge on any atom is -0.171 e. The molecule has 0 radical (unpaired) electrons. The predicted molar refractivity (Wildman–Crippen MR) is 82.5 cm³/mol. The molecule has 0 saturated heterocycles. The molecule has 2 nitrogen and oxygen atoms in total. The maximum Gasteiger partial charge on any atom is 0.124 e. The molecule has 0 spiro atoms. The minimum absolute atomic E-state index is 1.05. The maximum atomic E-state index is 4.46. The van der Waals surface area contributed by atoms with Gasteiger partial charge in [0.25, 0.3) is 0 Å². The van der Waals surface area contributed by atoms with E-state index in [1.54, 1.807) is 34.0 Å². The fourth-order valence-electron chi connectivity index (χ4n) is 1.83. The quantitative estimate of drug-likeness (QED) is 0.438. The van der Waals surface area contributed by atoms with E-state index in [0.29, 0.717) is 0 Å². The summed E-state index contributed by atoms with van der Waals surface area (Å²) in [5, 5.41) is 4.21. The number of thiophene rings is 3. The third kappa shape index (κ3) is 1.57. The lowest BCUT2D eigenvalue weighted by molar-refractivity contribution is 1.62. The molecule has 3 aromatic rings. The highest BCUT2D eigenvalue weighted by Gasteiger charge is 2.23. The summed E-state index contributed by atoms with van der Waals surface area (Å²) in [7, 11) is 0. The summed E-state index contributed by atoms with van der Waals surface area (Å²) in [4.78, 5) is 5.05. The van der Waals surface area contributed by atoms with Gasteiger partial charge in [0.1, 0.15) is 11.4 Å². The monoisotopic (exact) mass is 306 g/mol. The SMILES string of the molecule is c1csc(-c2sc(-c3cccs3)c3c2N=S=N3)c1. The highest BCUT2D eigenvalue weighted by molar-refractivity contribution is 7.58. The third-order valence-corrected chi connectivity index (χ3v) is 6.41. The van der Waals surface area contributed by atoms with Gasteiger partial charge in [0.15, 0.2) is 0 Å². The molecule has 0 fully saturated rings. The number of fused-ring (bicyclic) bond motifs is 1. The zero-order chi connectivity index (χ0) is 11.9. The van der Waals surface area contributed by atoms with Gasteiger partial charge in [-0.3, -0.25) is 0 Å². The molecule has 4 rings (SSSR count). The van der Waals surface area contributed by atoms with Crippen LogP contribution in [0.5, 0.6) is 0 Å². The minimum atomic E-state index is 1.05. The number of rotatable bonds is 2. The van der Waals surface area contributed by atoms with E-state index >= 15 is 0 Å². The average Bonchev–Trinajstić information content (AvgIpc) is 3.14. The maximum absolute atomic E-state index is 4.46. The molecule has 0 amide bonds. The fourth-order valence-corrected chi connectivity index (χ4v) is 5.40. The average molecular weight is 306 g/mol. The summed E-state index contributed by atoms with van der Waals surface area (Å²) < 4.78 is 8.91. The van der Waals surface area contributed by atoms with Crippen molar-refractivity contribution in [3.05, 3.63) is 35.0 Å². The first-order chi connectivity index (χ1) is 8.93. The standard InChI is InChI=1S/C12H6N2S4/c1-3-7(15-5-1)11-9-10(14-18-13-9)12(17-11)8-4-2-6-16-8/h1-6H. The molecule has 18 heavy (non-hydrogen) atoms. The van der Waals surface area contributed by atoms with E-state index in [1.165, 1.54) is 30.9 Å². The third-order valence-electron chi connectivity index (χ3n) is 2.61. The molecule has 0 saturated carbocycles. The van der Waals surface area contributed by atoms with Crippen LogP contribution < -0.4 is 0 Å². The Balaban J connectivity index is 1.98. The normalized spacial score (nSPS) is 12.7. The second kappa shape index (κ2) is 4.24. The molecule has 0 atom stereocenters. The highest BCUT2D eigenvalue weighted by Crippen LogP contribution is 2.55. The molecule has 0 aromatic carbocycles. The highest BCUT2D eigenvalue weighted by atomic mass is 32.1. The van der Waals surface area contributed by atoms with E-state index in [4.69, 9.17) is 0 Å². The zero-order valence-corrected chi connectivity index (χ0v) is 12.3. The lowest BCUT2D eigenvalue weighted by Gasteiger charge is -1.91. The lowest BCUT2D eigenvalue weighted by Crippen LogP contribution is -1.61. The fraction of sp³-hybridized carbons (Fsp3) is 0. The molecule has 0 N–H and O–H groups in total. The van der Waals surface area contributed by atoms with Crippen LogP contribution in [0.3, 0.4) is 0 Å². The molecule has 0 aliphatic carbocycles. The van der Waals surface area contributed by atoms with Crippen LogP contribution in [0.25, 0.3) is 19.5 Å². The van der Waals surface area contributed by atoms with Crippen molar-refractivity contribution in [1.82, 2.24) is 0 Å². The van der Waals surface area contributed by atoms with Crippen LogP contribution in [0.15, 0.2) is 43.8 Å². The Morgan fingerprint density at radius 2 is 1.33 bits per heavy atom. The predicted octanol–water partition coefficient (Wildman–Crippen LogP) is 5.93. The topological polar surface area (TPSA) is 24.7 Å². The first-order valence-electron chi connectivity index (χ1n) is 5.26. The lowest BCUT2D eigenvalue weighted by atomic mass is 10.2. The van der Waals surface area contributed by atoms with E-state index in [9.17, 15) is 0 Å². The summed E-state index contributed by atoms with van der Waals surface area (Å²) in [5.74, 6) is 0. The van der Waals surface area contributed by atoms with Crippen LogP contribution in [0.4, 0.5) is 11.4 Å². The summed E-state index contributed by atoms with van der Waals surface area (Å²) in [6.45, 7) is 0.